The van der Waals surface area contributed by atoms with Gasteiger partial charge in [0.05, 0.1) is 6.42 Å². The zero-order valence-electron chi connectivity index (χ0n) is 12.1. The number of nitrogens with one attached hydrogen (secondary N) is 1. The number of methoxy groups -OCH3 is 1. The number of carbonyl (C=O) groups excluding carboxylic acids is 4. The second kappa shape index (κ2) is 9.06. The number of hydroxylamine groups is 2. The fourth-order valence-corrected chi connectivity index (χ4v) is 1.71. The van der Waals surface area contributed by atoms with Crippen molar-refractivity contribution in [3.63, 3.8) is 0 Å². The quantitative estimate of drug-likeness (QED) is 0.472. The second-order valence-corrected chi connectivity index (χ2v) is 4.60. The molecular weight excluding hydrogens is 280 g/mol. The highest BCUT2D eigenvalue weighted by Gasteiger charge is 2.32. The van der Waals surface area contributed by atoms with Gasteiger partial charge in [-0.25, -0.2) is 4.79 Å². The molecule has 0 aromatic carbocycles. The van der Waals surface area contributed by atoms with Crippen molar-refractivity contribution in [1.82, 2.24) is 10.4 Å². The molecule has 1 N–H and O–H groups in total. The van der Waals surface area contributed by atoms with Gasteiger partial charge in [0.15, 0.2) is 0 Å². The van der Waals surface area contributed by atoms with Gasteiger partial charge in [0.1, 0.15) is 0 Å². The van der Waals surface area contributed by atoms with E-state index in [9.17, 15) is 19.2 Å². The van der Waals surface area contributed by atoms with Gasteiger partial charge in [-0.3, -0.25) is 14.4 Å². The molecule has 0 saturated carbocycles. The maximum atomic E-state index is 11.4. The van der Waals surface area contributed by atoms with E-state index in [-0.39, 0.29) is 31.6 Å². The number of nitrogens with zero attached hydrogens (tertiary/aromatic N) is 1. The van der Waals surface area contributed by atoms with E-state index in [0.717, 1.165) is 12.8 Å². The third-order valence-corrected chi connectivity index (χ3v) is 2.85. The van der Waals surface area contributed by atoms with Crippen molar-refractivity contribution in [3.8, 4) is 0 Å². The molecule has 0 unspecified atom stereocenters. The molecule has 1 aliphatic rings. The molecule has 0 aliphatic carbocycles. The van der Waals surface area contributed by atoms with E-state index in [1.54, 1.807) is 7.11 Å². The molecule has 1 saturated heterocycles. The summed E-state index contributed by atoms with van der Waals surface area (Å²) in [6.45, 7) is 1.15. The van der Waals surface area contributed by atoms with Gasteiger partial charge in [-0.15, -0.1) is 5.06 Å². The van der Waals surface area contributed by atoms with Gasteiger partial charge in [-0.2, -0.15) is 0 Å². The summed E-state index contributed by atoms with van der Waals surface area (Å²) in [5, 5.41) is 3.14. The molecule has 8 heteroatoms. The first-order valence-electron chi connectivity index (χ1n) is 6.87. The highest BCUT2D eigenvalue weighted by atomic mass is 16.7. The zero-order chi connectivity index (χ0) is 15.7. The van der Waals surface area contributed by atoms with Crippen LogP contribution in [0, 0.1) is 0 Å². The summed E-state index contributed by atoms with van der Waals surface area (Å²) in [4.78, 5) is 50.0. The van der Waals surface area contributed by atoms with Gasteiger partial charge in [0, 0.05) is 39.5 Å². The number of imide groups is 1. The average molecular weight is 300 g/mol. The lowest BCUT2D eigenvalue weighted by Gasteiger charge is -2.12. The van der Waals surface area contributed by atoms with Gasteiger partial charge >= 0.3 is 5.97 Å². The Labute approximate surface area is 122 Å². The molecule has 0 aromatic rings. The van der Waals surface area contributed by atoms with E-state index in [2.05, 4.69) is 10.2 Å². The molecule has 0 atom stereocenters. The monoisotopic (exact) mass is 300 g/mol. The standard InChI is InChI=1S/C13H20N2O6/c1-20-9-3-2-8-14-10(16)4-7-13(19)21-15-11(17)5-6-12(15)18/h2-9H2,1H3,(H,14,16). The van der Waals surface area contributed by atoms with Crippen LogP contribution in [0.3, 0.4) is 0 Å². The highest BCUT2D eigenvalue weighted by molar-refractivity contribution is 6.01. The van der Waals surface area contributed by atoms with Crippen LogP contribution in [0.5, 0.6) is 0 Å². The first-order valence-corrected chi connectivity index (χ1v) is 6.87. The molecule has 1 fully saturated rings. The molecule has 8 nitrogen and oxygen atoms in total. The van der Waals surface area contributed by atoms with Gasteiger partial charge < -0.3 is 14.9 Å². The van der Waals surface area contributed by atoms with Crippen LogP contribution in [0.25, 0.3) is 0 Å². The summed E-state index contributed by atoms with van der Waals surface area (Å²) >= 11 is 0. The Hall–Kier alpha value is -1.96. The van der Waals surface area contributed by atoms with E-state index < -0.39 is 17.8 Å². The van der Waals surface area contributed by atoms with Crippen LogP contribution in [0.2, 0.25) is 0 Å². The van der Waals surface area contributed by atoms with Gasteiger partial charge in [-0.05, 0) is 12.8 Å². The lowest BCUT2D eigenvalue weighted by atomic mass is 10.3. The molecule has 0 bridgehead atoms. The number of unbranched alkanes of at least 4 members (excludes halogenated alkanes) is 1. The lowest BCUT2D eigenvalue weighted by molar-refractivity contribution is -0.197. The topological polar surface area (TPSA) is 102 Å². The average Bonchev–Trinajstić information content (AvgIpc) is 2.77. The van der Waals surface area contributed by atoms with E-state index in [0.29, 0.717) is 18.2 Å². The van der Waals surface area contributed by atoms with Gasteiger partial charge in [0.25, 0.3) is 11.8 Å². The fourth-order valence-electron chi connectivity index (χ4n) is 1.71. The summed E-state index contributed by atoms with van der Waals surface area (Å²) in [6.07, 6.45) is 1.52. The minimum Gasteiger partial charge on any atom is -0.385 e. The number of hydrogen-bond acceptors (Lipinski definition) is 6. The Morgan fingerprint density at radius 2 is 1.81 bits per heavy atom. The summed E-state index contributed by atoms with van der Waals surface area (Å²) in [5.41, 5.74) is 0. The number of carbonyl (C=O) groups is 4. The first-order chi connectivity index (χ1) is 10.0. The van der Waals surface area contributed by atoms with Crippen molar-refractivity contribution in [2.24, 2.45) is 0 Å². The van der Waals surface area contributed by atoms with Crippen molar-refractivity contribution >= 4 is 23.7 Å². The minimum absolute atomic E-state index is 0.0423. The predicted molar refractivity (Wildman–Crippen MR) is 70.5 cm³/mol. The summed E-state index contributed by atoms with van der Waals surface area (Å²) < 4.78 is 4.87. The third-order valence-electron chi connectivity index (χ3n) is 2.85. The van der Waals surface area contributed by atoms with Crippen LogP contribution in [0.4, 0.5) is 0 Å². The van der Waals surface area contributed by atoms with Crippen LogP contribution >= 0.6 is 0 Å². The van der Waals surface area contributed by atoms with Crippen LogP contribution < -0.4 is 5.32 Å². The van der Waals surface area contributed by atoms with Crippen LogP contribution in [0.1, 0.15) is 38.5 Å². The molecule has 3 amide bonds. The zero-order valence-corrected chi connectivity index (χ0v) is 12.1. The minimum atomic E-state index is -0.770. The Morgan fingerprint density at radius 1 is 1.14 bits per heavy atom. The van der Waals surface area contributed by atoms with E-state index in [1.807, 2.05) is 0 Å². The van der Waals surface area contributed by atoms with E-state index >= 15 is 0 Å². The second-order valence-electron chi connectivity index (χ2n) is 4.60. The molecule has 0 spiro atoms. The van der Waals surface area contributed by atoms with Gasteiger partial charge in [-0.1, -0.05) is 0 Å². The molecule has 1 heterocycles. The summed E-state index contributed by atoms with van der Waals surface area (Å²) in [5.74, 6) is -2.11. The van der Waals surface area contributed by atoms with Gasteiger partial charge in [0.2, 0.25) is 5.91 Å². The third kappa shape index (κ3) is 6.35. The normalized spacial score (nSPS) is 14.4. The number of amides is 3. The first kappa shape index (κ1) is 17.1. The Balaban J connectivity index is 2.13. The highest BCUT2D eigenvalue weighted by Crippen LogP contribution is 2.12. The molecule has 0 radical (unpaired) electrons. The Morgan fingerprint density at radius 3 is 2.43 bits per heavy atom. The van der Waals surface area contributed by atoms with E-state index in [4.69, 9.17) is 4.74 Å². The molecule has 1 rings (SSSR count). The fraction of sp³-hybridized carbons (Fsp3) is 0.692. The van der Waals surface area contributed by atoms with Crippen LogP contribution in [0.15, 0.2) is 0 Å². The molecular formula is C13H20N2O6. The van der Waals surface area contributed by atoms with E-state index in [1.165, 1.54) is 0 Å². The van der Waals surface area contributed by atoms with Crippen molar-refractivity contribution in [2.45, 2.75) is 38.5 Å². The summed E-state index contributed by atoms with van der Waals surface area (Å²) in [7, 11) is 1.61. The van der Waals surface area contributed by atoms with Crippen molar-refractivity contribution < 1.29 is 28.8 Å². The lowest BCUT2D eigenvalue weighted by Crippen LogP contribution is -2.32. The maximum Gasteiger partial charge on any atom is 0.333 e. The number of ether oxygens (including phenoxy) is 1. The van der Waals surface area contributed by atoms with Crippen molar-refractivity contribution in [2.75, 3.05) is 20.3 Å². The van der Waals surface area contributed by atoms with Crippen LogP contribution in [-0.2, 0) is 28.8 Å². The Bertz CT molecular complexity index is 393. The van der Waals surface area contributed by atoms with Crippen molar-refractivity contribution in [1.29, 1.82) is 0 Å². The van der Waals surface area contributed by atoms with Crippen LogP contribution in [-0.4, -0.2) is 49.0 Å². The number of hydrogen-bond donors (Lipinski definition) is 1. The Kier molecular flexibility index (Phi) is 7.38. The largest absolute Gasteiger partial charge is 0.385 e. The molecule has 0 aromatic heterocycles. The molecule has 21 heavy (non-hydrogen) atoms. The molecule has 1 aliphatic heterocycles. The smallest absolute Gasteiger partial charge is 0.333 e. The number of rotatable bonds is 9. The SMILES string of the molecule is COCCCCNC(=O)CCC(=O)ON1C(=O)CCC1=O. The summed E-state index contributed by atoms with van der Waals surface area (Å²) in [6, 6.07) is 0. The predicted octanol–water partition coefficient (Wildman–Crippen LogP) is -0.0834. The maximum absolute atomic E-state index is 11.4. The van der Waals surface area contributed by atoms with Crippen molar-refractivity contribution in [3.05, 3.63) is 0 Å². The molecule has 118 valence electrons.